The number of carbonyl (C=O) groups is 2. The van der Waals surface area contributed by atoms with Crippen LogP contribution in [-0.2, 0) is 18.7 Å². The molecule has 10 nitrogen and oxygen atoms in total. The van der Waals surface area contributed by atoms with Crippen molar-refractivity contribution in [2.75, 3.05) is 39.6 Å². The molecule has 0 aromatic heterocycles. The maximum atomic E-state index is 12.4. The molecule has 0 aromatic carbocycles. The Morgan fingerprint density at radius 3 is 3.04 bits per heavy atom. The molecule has 2 N–H and O–H groups in total. The van der Waals surface area contributed by atoms with Crippen molar-refractivity contribution in [2.24, 2.45) is 0 Å². The van der Waals surface area contributed by atoms with Crippen LogP contribution in [0.5, 0.6) is 0 Å². The van der Waals surface area contributed by atoms with Crippen LogP contribution in [-0.4, -0.2) is 90.5 Å². The highest BCUT2D eigenvalue weighted by atomic mass is 32.1. The Bertz CT molecular complexity index is 549. The number of rotatable bonds is 6. The Morgan fingerprint density at radius 1 is 1.38 bits per heavy atom. The molecule has 4 heterocycles. The van der Waals surface area contributed by atoms with E-state index in [2.05, 4.69) is 28.6 Å². The first-order chi connectivity index (χ1) is 12.7. The Morgan fingerprint density at radius 2 is 2.27 bits per heavy atom. The lowest BCUT2D eigenvalue weighted by Gasteiger charge is -2.29. The predicted molar refractivity (Wildman–Crippen MR) is 92.6 cm³/mol. The van der Waals surface area contributed by atoms with E-state index < -0.39 is 6.04 Å². The third-order valence-electron chi connectivity index (χ3n) is 5.67. The Labute approximate surface area is 157 Å². The number of hydroxylamine groups is 3. The normalized spacial score (nSPS) is 34.7. The van der Waals surface area contributed by atoms with Crippen LogP contribution in [0.2, 0.25) is 0 Å². The van der Waals surface area contributed by atoms with E-state index in [1.54, 1.807) is 0 Å². The van der Waals surface area contributed by atoms with Crippen LogP contribution in [0, 0.1) is 0 Å². The summed E-state index contributed by atoms with van der Waals surface area (Å²) in [6.07, 6.45) is 2.24. The van der Waals surface area contributed by atoms with E-state index in [-0.39, 0.29) is 24.0 Å². The van der Waals surface area contributed by atoms with Gasteiger partial charge in [0.05, 0.1) is 26.0 Å². The number of carbonyl (C=O) groups excluding carboxylic acids is 2. The molecule has 4 atom stereocenters. The van der Waals surface area contributed by atoms with Gasteiger partial charge in [-0.1, -0.05) is 0 Å². The van der Waals surface area contributed by atoms with Gasteiger partial charge in [0.25, 0.3) is 5.91 Å². The molecule has 0 radical (unpaired) electrons. The smallest absolute Gasteiger partial charge is 0.345 e. The van der Waals surface area contributed by atoms with Gasteiger partial charge >= 0.3 is 6.03 Å². The van der Waals surface area contributed by atoms with Gasteiger partial charge in [-0.2, -0.15) is 5.06 Å². The molecule has 26 heavy (non-hydrogen) atoms. The summed E-state index contributed by atoms with van der Waals surface area (Å²) in [5, 5.41) is 4.64. The van der Waals surface area contributed by atoms with Crippen molar-refractivity contribution in [3.8, 4) is 0 Å². The highest BCUT2D eigenvalue weighted by Gasteiger charge is 2.48. The number of thiol groups is 1. The lowest BCUT2D eigenvalue weighted by Crippen LogP contribution is -2.50. The lowest BCUT2D eigenvalue weighted by molar-refractivity contribution is -0.139. The molecule has 11 heteroatoms. The van der Waals surface area contributed by atoms with Crippen molar-refractivity contribution in [1.29, 1.82) is 0 Å². The number of hydrogen-bond donors (Lipinski definition) is 3. The van der Waals surface area contributed by atoms with E-state index >= 15 is 0 Å². The molecule has 4 rings (SSSR count). The van der Waals surface area contributed by atoms with Crippen LogP contribution in [0.25, 0.3) is 0 Å². The number of fused-ring (bicyclic) bond motifs is 2. The van der Waals surface area contributed by atoms with Crippen molar-refractivity contribution in [3.63, 3.8) is 0 Å². The molecule has 4 saturated heterocycles. The molecular formula is C15H25N5O5S. The molecule has 2 unspecified atom stereocenters. The highest BCUT2D eigenvalue weighted by molar-refractivity contribution is 7.75. The fourth-order valence-corrected chi connectivity index (χ4v) is 4.42. The second-order valence-corrected chi connectivity index (χ2v) is 7.37. The average molecular weight is 387 g/mol. The molecular weight excluding hydrogens is 362 g/mol. The van der Waals surface area contributed by atoms with Crippen molar-refractivity contribution in [2.45, 2.75) is 43.4 Å². The van der Waals surface area contributed by atoms with Gasteiger partial charge in [-0.3, -0.25) is 14.5 Å². The summed E-state index contributed by atoms with van der Waals surface area (Å²) < 4.78 is 10.2. The average Bonchev–Trinajstić information content (AvgIpc) is 3.37. The molecule has 0 aliphatic carbocycles. The summed E-state index contributed by atoms with van der Waals surface area (Å²) in [5.74, 6) is -0.291. The Balaban J connectivity index is 1.21. The van der Waals surface area contributed by atoms with Crippen molar-refractivity contribution in [1.82, 2.24) is 25.7 Å². The van der Waals surface area contributed by atoms with Gasteiger partial charge in [-0.05, 0) is 19.3 Å². The topological polar surface area (TPSA) is 95.6 Å². The van der Waals surface area contributed by atoms with Crippen molar-refractivity contribution >= 4 is 24.8 Å². The van der Waals surface area contributed by atoms with Gasteiger partial charge in [0.2, 0.25) is 0 Å². The predicted octanol–water partition coefficient (Wildman–Crippen LogP) is -0.901. The van der Waals surface area contributed by atoms with E-state index in [0.29, 0.717) is 38.8 Å². The van der Waals surface area contributed by atoms with Crippen LogP contribution in [0.1, 0.15) is 19.3 Å². The van der Waals surface area contributed by atoms with Gasteiger partial charge in [0.1, 0.15) is 6.04 Å². The lowest BCUT2D eigenvalue weighted by atomic mass is 10.0. The summed E-state index contributed by atoms with van der Waals surface area (Å²) in [7, 11) is 0. The number of urea groups is 1. The molecule has 3 amide bonds. The highest BCUT2D eigenvalue weighted by Crippen LogP contribution is 2.30. The zero-order valence-electron chi connectivity index (χ0n) is 14.5. The fourth-order valence-electron chi connectivity index (χ4n) is 4.21. The van der Waals surface area contributed by atoms with Gasteiger partial charge < -0.3 is 15.0 Å². The molecule has 0 saturated carbocycles. The quantitative estimate of drug-likeness (QED) is 0.309. The molecule has 146 valence electrons. The second-order valence-electron chi connectivity index (χ2n) is 7.21. The minimum absolute atomic E-state index is 0.0424. The molecule has 2 bridgehead atoms. The standard InChI is InChI=1S/C15H25N5O5S/c21-14(13-2-1-11-7-19(13)15(22)20(11)25-26)17-24-8-10-5-12(6-16-10)18-3-4-23-9-18/h10-13,16,26H,1-9H2,(H,17,21)/t10-,11?,12-,13?/m0/s1. The van der Waals surface area contributed by atoms with Crippen LogP contribution in [0.4, 0.5) is 4.79 Å². The zero-order valence-corrected chi connectivity index (χ0v) is 15.4. The van der Waals surface area contributed by atoms with Gasteiger partial charge in [-0.25, -0.2) is 14.6 Å². The van der Waals surface area contributed by atoms with E-state index in [0.717, 1.165) is 26.1 Å². The van der Waals surface area contributed by atoms with Crippen molar-refractivity contribution in [3.05, 3.63) is 0 Å². The van der Waals surface area contributed by atoms with Gasteiger partial charge in [-0.15, -0.1) is 0 Å². The Kier molecular flexibility index (Phi) is 5.53. The molecule has 4 aliphatic rings. The summed E-state index contributed by atoms with van der Waals surface area (Å²) >= 11 is 3.72. The van der Waals surface area contributed by atoms with E-state index in [1.165, 1.54) is 9.96 Å². The van der Waals surface area contributed by atoms with Crippen LogP contribution in [0.3, 0.4) is 0 Å². The SMILES string of the molecule is O=C(NOC[C@@H]1C[C@H](N2CCOC2)CN1)C1CCC2CN1C(=O)N2OS. The number of hydrogen-bond acceptors (Lipinski definition) is 8. The van der Waals surface area contributed by atoms with E-state index in [9.17, 15) is 9.59 Å². The van der Waals surface area contributed by atoms with Crippen LogP contribution >= 0.6 is 12.9 Å². The number of nitrogens with one attached hydrogen (secondary N) is 2. The van der Waals surface area contributed by atoms with Gasteiger partial charge in [0, 0.05) is 44.6 Å². The first kappa shape index (κ1) is 18.3. The molecule has 4 fully saturated rings. The van der Waals surface area contributed by atoms with Crippen molar-refractivity contribution < 1.29 is 23.4 Å². The first-order valence-electron chi connectivity index (χ1n) is 9.05. The van der Waals surface area contributed by atoms with Crippen LogP contribution < -0.4 is 10.8 Å². The first-order valence-corrected chi connectivity index (χ1v) is 9.42. The Hall–Kier alpha value is -1.11. The summed E-state index contributed by atoms with van der Waals surface area (Å²) in [4.78, 5) is 33.9. The zero-order chi connectivity index (χ0) is 18.1. The number of nitrogens with zero attached hydrogens (tertiary/aromatic N) is 3. The summed E-state index contributed by atoms with van der Waals surface area (Å²) in [6.45, 7) is 4.22. The third kappa shape index (κ3) is 3.51. The number of amides is 3. The number of ether oxygens (including phenoxy) is 1. The molecule has 0 spiro atoms. The summed E-state index contributed by atoms with van der Waals surface area (Å²) in [6, 6.07) is -0.252. The third-order valence-corrected chi connectivity index (χ3v) is 5.84. The second kappa shape index (κ2) is 7.87. The monoisotopic (exact) mass is 387 g/mol. The minimum atomic E-state index is -0.529. The minimum Gasteiger partial charge on any atom is -0.365 e. The van der Waals surface area contributed by atoms with E-state index in [1.807, 2.05) is 0 Å². The molecule has 0 aromatic rings. The number of piperidine rings is 1. The van der Waals surface area contributed by atoms with Gasteiger partial charge in [0.15, 0.2) is 0 Å². The largest absolute Gasteiger partial charge is 0.365 e. The molecule has 4 aliphatic heterocycles. The fraction of sp³-hybridized carbons (Fsp3) is 0.867. The maximum absolute atomic E-state index is 12.4. The van der Waals surface area contributed by atoms with Crippen LogP contribution in [0.15, 0.2) is 0 Å². The summed E-state index contributed by atoms with van der Waals surface area (Å²) in [5.41, 5.74) is 2.51. The maximum Gasteiger partial charge on any atom is 0.345 e. The van der Waals surface area contributed by atoms with E-state index in [4.69, 9.17) is 13.9 Å².